The molecule has 0 bridgehead atoms. The van der Waals surface area contributed by atoms with Crippen LogP contribution in [0.4, 0.5) is 0 Å². The van der Waals surface area contributed by atoms with Gasteiger partial charge in [-0.15, -0.1) is 0 Å². The fourth-order valence-corrected chi connectivity index (χ4v) is 1.43. The monoisotopic (exact) mass is 158 g/mol. The van der Waals surface area contributed by atoms with Crippen molar-refractivity contribution >= 4 is 0 Å². The van der Waals surface area contributed by atoms with Gasteiger partial charge in [-0.1, -0.05) is 20.3 Å². The van der Waals surface area contributed by atoms with Crippen LogP contribution in [0.15, 0.2) is 0 Å². The standard InChI is InChI=1S/C10H23N/c1-5-7-9-11(8-6-2)10(3)4/h10H,5-9H2,1-4H3/p+1. The Morgan fingerprint density at radius 2 is 1.64 bits per heavy atom. The molecule has 1 unspecified atom stereocenters. The van der Waals surface area contributed by atoms with E-state index in [1.807, 2.05) is 0 Å². The molecule has 11 heavy (non-hydrogen) atoms. The van der Waals surface area contributed by atoms with Crippen LogP contribution in [-0.4, -0.2) is 19.1 Å². The summed E-state index contributed by atoms with van der Waals surface area (Å²) in [5.41, 5.74) is 0. The van der Waals surface area contributed by atoms with Gasteiger partial charge >= 0.3 is 0 Å². The van der Waals surface area contributed by atoms with Gasteiger partial charge in [-0.25, -0.2) is 0 Å². The number of hydrogen-bond donors (Lipinski definition) is 1. The zero-order valence-electron chi connectivity index (χ0n) is 8.61. The molecule has 0 fully saturated rings. The van der Waals surface area contributed by atoms with E-state index in [2.05, 4.69) is 27.7 Å². The Morgan fingerprint density at radius 3 is 2.00 bits per heavy atom. The van der Waals surface area contributed by atoms with Crippen LogP contribution in [-0.2, 0) is 0 Å². The molecule has 0 aliphatic carbocycles. The molecular formula is C10H24N+. The molecule has 1 atom stereocenters. The molecule has 68 valence electrons. The minimum Gasteiger partial charge on any atom is -0.333 e. The van der Waals surface area contributed by atoms with Crippen molar-refractivity contribution in [3.8, 4) is 0 Å². The van der Waals surface area contributed by atoms with Gasteiger partial charge in [0.05, 0.1) is 19.1 Å². The minimum absolute atomic E-state index is 0.807. The van der Waals surface area contributed by atoms with E-state index >= 15 is 0 Å². The number of quaternary nitrogens is 1. The van der Waals surface area contributed by atoms with E-state index in [-0.39, 0.29) is 0 Å². The summed E-state index contributed by atoms with van der Waals surface area (Å²) in [5, 5.41) is 0. The summed E-state index contributed by atoms with van der Waals surface area (Å²) in [4.78, 5) is 1.77. The first kappa shape index (κ1) is 11.0. The van der Waals surface area contributed by atoms with Crippen molar-refractivity contribution in [2.24, 2.45) is 0 Å². The first-order valence-electron chi connectivity index (χ1n) is 5.06. The van der Waals surface area contributed by atoms with Crippen molar-refractivity contribution in [2.45, 2.75) is 53.0 Å². The molecule has 0 saturated carbocycles. The Bertz CT molecular complexity index is 78.9. The second-order valence-electron chi connectivity index (χ2n) is 3.67. The Labute approximate surface area is 71.8 Å². The summed E-state index contributed by atoms with van der Waals surface area (Å²) in [6.07, 6.45) is 4.03. The Kier molecular flexibility index (Phi) is 6.63. The van der Waals surface area contributed by atoms with Gasteiger partial charge in [0.1, 0.15) is 0 Å². The summed E-state index contributed by atoms with van der Waals surface area (Å²) in [7, 11) is 0. The van der Waals surface area contributed by atoms with Crippen molar-refractivity contribution in [2.75, 3.05) is 13.1 Å². The molecule has 1 nitrogen and oxygen atoms in total. The molecule has 0 saturated heterocycles. The highest BCUT2D eigenvalue weighted by atomic mass is 15.1. The van der Waals surface area contributed by atoms with Crippen LogP contribution in [0.2, 0.25) is 0 Å². The molecule has 0 aliphatic rings. The van der Waals surface area contributed by atoms with Crippen molar-refractivity contribution in [1.82, 2.24) is 0 Å². The fourth-order valence-electron chi connectivity index (χ4n) is 1.43. The number of rotatable bonds is 6. The molecule has 0 aromatic heterocycles. The molecule has 0 spiro atoms. The smallest absolute Gasteiger partial charge is 0.0817 e. The van der Waals surface area contributed by atoms with Gasteiger partial charge in [0.25, 0.3) is 0 Å². The van der Waals surface area contributed by atoms with Gasteiger partial charge in [0.15, 0.2) is 0 Å². The molecule has 0 aromatic rings. The number of hydrogen-bond acceptors (Lipinski definition) is 0. The van der Waals surface area contributed by atoms with Crippen LogP contribution >= 0.6 is 0 Å². The highest BCUT2D eigenvalue weighted by Crippen LogP contribution is 1.81. The van der Waals surface area contributed by atoms with Crippen LogP contribution in [0.5, 0.6) is 0 Å². The van der Waals surface area contributed by atoms with Gasteiger partial charge in [-0.05, 0) is 26.7 Å². The maximum atomic E-state index is 2.32. The summed E-state index contributed by atoms with van der Waals surface area (Å²) in [5.74, 6) is 0. The van der Waals surface area contributed by atoms with Crippen LogP contribution in [0.3, 0.4) is 0 Å². The summed E-state index contributed by atoms with van der Waals surface area (Å²) >= 11 is 0. The summed E-state index contributed by atoms with van der Waals surface area (Å²) in [6.45, 7) is 11.9. The van der Waals surface area contributed by atoms with Crippen LogP contribution in [0.25, 0.3) is 0 Å². The molecule has 0 radical (unpaired) electrons. The highest BCUT2D eigenvalue weighted by Gasteiger charge is 2.09. The Morgan fingerprint density at radius 1 is 1.00 bits per heavy atom. The van der Waals surface area contributed by atoms with E-state index in [0.29, 0.717) is 0 Å². The normalized spacial score (nSPS) is 13.9. The van der Waals surface area contributed by atoms with Crippen LogP contribution in [0, 0.1) is 0 Å². The van der Waals surface area contributed by atoms with E-state index in [0.717, 1.165) is 6.04 Å². The first-order valence-corrected chi connectivity index (χ1v) is 5.06. The third-order valence-electron chi connectivity index (χ3n) is 2.24. The number of unbranched alkanes of at least 4 members (excludes halogenated alkanes) is 1. The average Bonchev–Trinajstić information content (AvgIpc) is 1.97. The van der Waals surface area contributed by atoms with E-state index in [9.17, 15) is 0 Å². The fraction of sp³-hybridized carbons (Fsp3) is 1.00. The van der Waals surface area contributed by atoms with Gasteiger partial charge in [-0.2, -0.15) is 0 Å². The van der Waals surface area contributed by atoms with E-state index in [1.165, 1.54) is 32.4 Å². The first-order chi connectivity index (χ1) is 5.22. The van der Waals surface area contributed by atoms with Gasteiger partial charge in [0, 0.05) is 0 Å². The largest absolute Gasteiger partial charge is 0.333 e. The molecule has 0 aromatic carbocycles. The van der Waals surface area contributed by atoms with Crippen molar-refractivity contribution in [3.63, 3.8) is 0 Å². The Balaban J connectivity index is 3.51. The number of nitrogens with one attached hydrogen (secondary N) is 1. The molecule has 1 heteroatoms. The van der Waals surface area contributed by atoms with E-state index < -0.39 is 0 Å². The van der Waals surface area contributed by atoms with Gasteiger partial charge in [0.2, 0.25) is 0 Å². The maximum absolute atomic E-state index is 2.32. The predicted molar refractivity (Wildman–Crippen MR) is 51.0 cm³/mol. The molecule has 0 rings (SSSR count). The highest BCUT2D eigenvalue weighted by molar-refractivity contribution is 4.37. The van der Waals surface area contributed by atoms with E-state index in [1.54, 1.807) is 4.90 Å². The minimum atomic E-state index is 0.807. The third kappa shape index (κ3) is 5.25. The lowest BCUT2D eigenvalue weighted by atomic mass is 10.2. The van der Waals surface area contributed by atoms with Crippen LogP contribution in [0.1, 0.15) is 47.0 Å². The predicted octanol–water partition coefficient (Wildman–Crippen LogP) is 1.49. The zero-order chi connectivity index (χ0) is 8.69. The Hall–Kier alpha value is -0.0400. The molecule has 0 aliphatic heterocycles. The van der Waals surface area contributed by atoms with Crippen molar-refractivity contribution < 1.29 is 4.90 Å². The second kappa shape index (κ2) is 6.66. The lowest BCUT2D eigenvalue weighted by molar-refractivity contribution is -0.921. The topological polar surface area (TPSA) is 4.44 Å². The molecule has 1 N–H and O–H groups in total. The summed E-state index contributed by atoms with van der Waals surface area (Å²) < 4.78 is 0. The van der Waals surface area contributed by atoms with Crippen molar-refractivity contribution in [3.05, 3.63) is 0 Å². The van der Waals surface area contributed by atoms with E-state index in [4.69, 9.17) is 0 Å². The van der Waals surface area contributed by atoms with Crippen LogP contribution < -0.4 is 4.90 Å². The third-order valence-corrected chi connectivity index (χ3v) is 2.24. The van der Waals surface area contributed by atoms with Gasteiger partial charge in [-0.3, -0.25) is 0 Å². The second-order valence-corrected chi connectivity index (χ2v) is 3.67. The van der Waals surface area contributed by atoms with Gasteiger partial charge < -0.3 is 4.90 Å². The quantitative estimate of drug-likeness (QED) is 0.597. The molecular weight excluding hydrogens is 134 g/mol. The van der Waals surface area contributed by atoms with Crippen molar-refractivity contribution in [1.29, 1.82) is 0 Å². The molecule has 0 heterocycles. The maximum Gasteiger partial charge on any atom is 0.0817 e. The molecule has 0 amide bonds. The SMILES string of the molecule is CCCC[NH+](CCC)C(C)C. The average molecular weight is 158 g/mol. The zero-order valence-corrected chi connectivity index (χ0v) is 8.61. The lowest BCUT2D eigenvalue weighted by Gasteiger charge is -2.22. The summed E-state index contributed by atoms with van der Waals surface area (Å²) in [6, 6.07) is 0.807. The lowest BCUT2D eigenvalue weighted by Crippen LogP contribution is -3.15.